The monoisotopic (exact) mass is 403 g/mol. The second-order valence-corrected chi connectivity index (χ2v) is 8.83. The van der Waals surface area contributed by atoms with Gasteiger partial charge in [0, 0.05) is 44.9 Å². The molecule has 1 aliphatic rings. The van der Waals surface area contributed by atoms with Gasteiger partial charge in [0.05, 0.1) is 12.6 Å². The number of rotatable bonds is 8. The fraction of sp³-hybridized carbons (Fsp3) is 0.739. The Balaban J connectivity index is 1.97. The van der Waals surface area contributed by atoms with E-state index in [0.29, 0.717) is 12.5 Å². The Labute approximate surface area is 177 Å². The van der Waals surface area contributed by atoms with Crippen LogP contribution in [0, 0.1) is 11.3 Å². The number of nitrogens with one attached hydrogen (secondary N) is 2. The first-order valence-corrected chi connectivity index (χ1v) is 11.2. The summed E-state index contributed by atoms with van der Waals surface area (Å²) in [5.41, 5.74) is 1.27. The van der Waals surface area contributed by atoms with Gasteiger partial charge in [0.15, 0.2) is 5.96 Å². The standard InChI is InChI=1S/C23H41N5O/c1-7-24-22(27-17-19-11-10-14-29-21(19)23(4,5)6)26-16-18-12-13-20(25-15-18)28(8-2)9-3/h12-13,15,19,21H,7-11,14,16-17H2,1-6H3,(H2,24,26,27). The molecule has 2 heterocycles. The maximum Gasteiger partial charge on any atom is 0.191 e. The van der Waals surface area contributed by atoms with Gasteiger partial charge in [0.1, 0.15) is 5.82 Å². The summed E-state index contributed by atoms with van der Waals surface area (Å²) in [6.45, 7) is 18.4. The third-order valence-corrected chi connectivity index (χ3v) is 5.49. The third kappa shape index (κ3) is 7.18. The summed E-state index contributed by atoms with van der Waals surface area (Å²) in [5.74, 6) is 2.39. The van der Waals surface area contributed by atoms with Crippen LogP contribution in [0.1, 0.15) is 59.9 Å². The first-order chi connectivity index (χ1) is 13.9. The number of guanidine groups is 1. The molecule has 2 rings (SSSR count). The van der Waals surface area contributed by atoms with Gasteiger partial charge in [0.2, 0.25) is 0 Å². The van der Waals surface area contributed by atoms with E-state index in [-0.39, 0.29) is 11.5 Å². The van der Waals surface area contributed by atoms with Gasteiger partial charge in [-0.3, -0.25) is 0 Å². The Morgan fingerprint density at radius 1 is 1.21 bits per heavy atom. The molecule has 1 saturated heterocycles. The van der Waals surface area contributed by atoms with Gasteiger partial charge in [0.25, 0.3) is 0 Å². The molecule has 0 saturated carbocycles. The zero-order chi connectivity index (χ0) is 21.3. The van der Waals surface area contributed by atoms with Crippen LogP contribution in [0.2, 0.25) is 0 Å². The molecule has 0 bridgehead atoms. The highest BCUT2D eigenvalue weighted by atomic mass is 16.5. The van der Waals surface area contributed by atoms with Crippen LogP contribution < -0.4 is 15.5 Å². The minimum Gasteiger partial charge on any atom is -0.377 e. The summed E-state index contributed by atoms with van der Waals surface area (Å²) in [4.78, 5) is 11.6. The average molecular weight is 404 g/mol. The van der Waals surface area contributed by atoms with Crippen molar-refractivity contribution in [3.05, 3.63) is 23.9 Å². The van der Waals surface area contributed by atoms with Crippen LogP contribution in [0.25, 0.3) is 0 Å². The Hall–Kier alpha value is -1.82. The summed E-state index contributed by atoms with van der Waals surface area (Å²) in [6, 6.07) is 4.21. The van der Waals surface area contributed by atoms with Crippen molar-refractivity contribution in [3.8, 4) is 0 Å². The van der Waals surface area contributed by atoms with E-state index in [1.807, 2.05) is 6.20 Å². The number of anilines is 1. The number of hydrogen-bond donors (Lipinski definition) is 2. The highest BCUT2D eigenvalue weighted by Gasteiger charge is 2.35. The average Bonchev–Trinajstić information content (AvgIpc) is 2.71. The lowest BCUT2D eigenvalue weighted by Crippen LogP contribution is -2.47. The number of aliphatic imine (C=N–C) groups is 1. The second-order valence-electron chi connectivity index (χ2n) is 8.83. The molecule has 0 radical (unpaired) electrons. The molecule has 1 aliphatic heterocycles. The van der Waals surface area contributed by atoms with E-state index in [9.17, 15) is 0 Å². The first kappa shape index (κ1) is 23.5. The highest BCUT2D eigenvalue weighted by Crippen LogP contribution is 2.33. The van der Waals surface area contributed by atoms with Gasteiger partial charge >= 0.3 is 0 Å². The van der Waals surface area contributed by atoms with Gasteiger partial charge < -0.3 is 20.3 Å². The Morgan fingerprint density at radius 3 is 2.55 bits per heavy atom. The third-order valence-electron chi connectivity index (χ3n) is 5.49. The molecule has 2 N–H and O–H groups in total. The second kappa shape index (κ2) is 11.4. The molecule has 29 heavy (non-hydrogen) atoms. The van der Waals surface area contributed by atoms with Crippen LogP contribution in [0.5, 0.6) is 0 Å². The summed E-state index contributed by atoms with van der Waals surface area (Å²) in [6.07, 6.45) is 4.55. The van der Waals surface area contributed by atoms with E-state index in [1.54, 1.807) is 0 Å². The molecule has 1 aromatic rings. The van der Waals surface area contributed by atoms with Crippen molar-refractivity contribution >= 4 is 11.8 Å². The normalized spacial score (nSPS) is 20.4. The summed E-state index contributed by atoms with van der Waals surface area (Å²) in [5, 5.41) is 6.90. The number of aromatic nitrogens is 1. The highest BCUT2D eigenvalue weighted by molar-refractivity contribution is 5.79. The molecule has 164 valence electrons. The van der Waals surface area contributed by atoms with E-state index in [0.717, 1.165) is 56.5 Å². The minimum absolute atomic E-state index is 0.153. The minimum atomic E-state index is 0.153. The van der Waals surface area contributed by atoms with Crippen molar-refractivity contribution in [2.45, 2.75) is 67.0 Å². The lowest BCUT2D eigenvalue weighted by atomic mass is 9.78. The summed E-state index contributed by atoms with van der Waals surface area (Å²) >= 11 is 0. The van der Waals surface area contributed by atoms with Crippen LogP contribution in [0.3, 0.4) is 0 Å². The molecule has 2 unspecified atom stereocenters. The smallest absolute Gasteiger partial charge is 0.191 e. The fourth-order valence-electron chi connectivity index (χ4n) is 3.99. The Bertz CT molecular complexity index is 619. The van der Waals surface area contributed by atoms with Gasteiger partial charge in [-0.2, -0.15) is 0 Å². The molecule has 1 aromatic heterocycles. The van der Waals surface area contributed by atoms with Crippen LogP contribution in [-0.2, 0) is 11.3 Å². The van der Waals surface area contributed by atoms with Gasteiger partial charge in [-0.15, -0.1) is 0 Å². The molecular formula is C23H41N5O. The lowest BCUT2D eigenvalue weighted by molar-refractivity contribution is -0.0835. The van der Waals surface area contributed by atoms with Gasteiger partial charge in [-0.05, 0) is 50.7 Å². The van der Waals surface area contributed by atoms with Crippen LogP contribution in [-0.4, -0.2) is 49.8 Å². The molecule has 2 atom stereocenters. The molecule has 1 fully saturated rings. The van der Waals surface area contributed by atoms with E-state index in [2.05, 4.69) is 74.2 Å². The number of pyridine rings is 1. The molecule has 0 aromatic carbocycles. The molecule has 0 aliphatic carbocycles. The van der Waals surface area contributed by atoms with Crippen molar-refractivity contribution in [3.63, 3.8) is 0 Å². The van der Waals surface area contributed by atoms with E-state index in [1.165, 1.54) is 6.42 Å². The molecule has 0 spiro atoms. The number of hydrogen-bond acceptors (Lipinski definition) is 4. The van der Waals surface area contributed by atoms with Crippen LogP contribution in [0.15, 0.2) is 23.3 Å². The van der Waals surface area contributed by atoms with E-state index < -0.39 is 0 Å². The maximum absolute atomic E-state index is 6.11. The summed E-state index contributed by atoms with van der Waals surface area (Å²) in [7, 11) is 0. The molecule has 6 nitrogen and oxygen atoms in total. The molecular weight excluding hydrogens is 362 g/mol. The van der Waals surface area contributed by atoms with Gasteiger partial charge in [-0.25, -0.2) is 9.98 Å². The SMILES string of the molecule is CCNC(=NCc1ccc(N(CC)CC)nc1)NCC1CCCOC1C(C)(C)C. The first-order valence-electron chi connectivity index (χ1n) is 11.2. The largest absolute Gasteiger partial charge is 0.377 e. The van der Waals surface area contributed by atoms with Crippen molar-refractivity contribution in [2.75, 3.05) is 37.7 Å². The summed E-state index contributed by atoms with van der Waals surface area (Å²) < 4.78 is 6.11. The van der Waals surface area contributed by atoms with E-state index >= 15 is 0 Å². The molecule has 0 amide bonds. The van der Waals surface area contributed by atoms with Crippen molar-refractivity contribution in [1.29, 1.82) is 0 Å². The lowest BCUT2D eigenvalue weighted by Gasteiger charge is -2.40. The zero-order valence-corrected chi connectivity index (χ0v) is 19.3. The quantitative estimate of drug-likeness (QED) is 0.510. The predicted molar refractivity (Wildman–Crippen MR) is 123 cm³/mol. The van der Waals surface area contributed by atoms with Crippen molar-refractivity contribution in [2.24, 2.45) is 16.3 Å². The predicted octanol–water partition coefficient (Wildman–Crippen LogP) is 3.82. The topological polar surface area (TPSA) is 61.8 Å². The molecule has 6 heteroatoms. The Morgan fingerprint density at radius 2 is 1.97 bits per heavy atom. The number of nitrogens with zero attached hydrogens (tertiary/aromatic N) is 3. The van der Waals surface area contributed by atoms with Crippen LogP contribution >= 0.6 is 0 Å². The zero-order valence-electron chi connectivity index (χ0n) is 19.3. The number of ether oxygens (including phenoxy) is 1. The van der Waals surface area contributed by atoms with Crippen LogP contribution in [0.4, 0.5) is 5.82 Å². The maximum atomic E-state index is 6.11. The van der Waals surface area contributed by atoms with Gasteiger partial charge in [-0.1, -0.05) is 26.8 Å². The van der Waals surface area contributed by atoms with E-state index in [4.69, 9.17) is 9.73 Å². The van der Waals surface area contributed by atoms with Crippen molar-refractivity contribution in [1.82, 2.24) is 15.6 Å². The fourth-order valence-corrected chi connectivity index (χ4v) is 3.99. The Kier molecular flexibility index (Phi) is 9.21. The van der Waals surface area contributed by atoms with Crippen molar-refractivity contribution < 1.29 is 4.74 Å².